The minimum absolute atomic E-state index is 0.110. The number of aliphatic hydroxyl groups excluding tert-OH is 3. The summed E-state index contributed by atoms with van der Waals surface area (Å²) >= 11 is 0. The van der Waals surface area contributed by atoms with Gasteiger partial charge in [0.1, 0.15) is 6.61 Å². The molecule has 0 aromatic carbocycles. The third-order valence-corrected chi connectivity index (χ3v) is 11.1. The lowest BCUT2D eigenvalue weighted by Gasteiger charge is -2.19. The predicted molar refractivity (Wildman–Crippen MR) is 218 cm³/mol. The van der Waals surface area contributed by atoms with Crippen molar-refractivity contribution in [2.24, 2.45) is 11.8 Å². The van der Waals surface area contributed by atoms with Crippen molar-refractivity contribution in [3.63, 3.8) is 0 Å². The summed E-state index contributed by atoms with van der Waals surface area (Å²) in [6, 6.07) is 0. The Morgan fingerprint density at radius 3 is 1.73 bits per heavy atom. The van der Waals surface area contributed by atoms with Gasteiger partial charge in [0.2, 0.25) is 0 Å². The molecule has 0 aliphatic heterocycles. The van der Waals surface area contributed by atoms with Crippen LogP contribution in [0.15, 0.2) is 24.3 Å². The Labute approximate surface area is 333 Å². The lowest BCUT2D eigenvalue weighted by atomic mass is 9.89. The first-order valence-corrected chi connectivity index (χ1v) is 23.4. The molecule has 1 aliphatic rings. The van der Waals surface area contributed by atoms with E-state index in [4.69, 9.17) is 19.3 Å². The van der Waals surface area contributed by atoms with E-state index in [0.717, 1.165) is 38.5 Å². The van der Waals surface area contributed by atoms with Crippen LogP contribution in [0.2, 0.25) is 0 Å². The topological polar surface area (TPSA) is 180 Å². The molecule has 0 aromatic heterocycles. The number of hydrogen-bond donors (Lipinski definition) is 5. The molecule has 0 unspecified atom stereocenters. The first-order valence-electron chi connectivity index (χ1n) is 21.9. The van der Waals surface area contributed by atoms with Crippen LogP contribution in [0.25, 0.3) is 0 Å². The molecule has 1 fully saturated rings. The van der Waals surface area contributed by atoms with Gasteiger partial charge in [0, 0.05) is 18.8 Å². The summed E-state index contributed by atoms with van der Waals surface area (Å²) in [5.74, 6) is -1.78. The number of unbranched alkanes of at least 4 members (excludes halogenated alkanes) is 20. The predicted octanol–water partition coefficient (Wildman–Crippen LogP) is 9.56. The van der Waals surface area contributed by atoms with Crippen molar-refractivity contribution in [2.45, 2.75) is 212 Å². The molecule has 0 bridgehead atoms. The molecule has 1 aliphatic carbocycles. The molecule has 5 N–H and O–H groups in total. The highest BCUT2D eigenvalue weighted by Gasteiger charge is 2.39. The Kier molecular flexibility index (Phi) is 31.2. The van der Waals surface area contributed by atoms with Crippen LogP contribution < -0.4 is 0 Å². The maximum atomic E-state index is 12.5. The zero-order valence-corrected chi connectivity index (χ0v) is 35.3. The quantitative estimate of drug-likeness (QED) is 0.0176. The molecule has 11 nitrogen and oxygen atoms in total. The molecule has 0 heterocycles. The van der Waals surface area contributed by atoms with Gasteiger partial charge < -0.3 is 34.6 Å². The van der Waals surface area contributed by atoms with Crippen molar-refractivity contribution < 1.29 is 53.3 Å². The van der Waals surface area contributed by atoms with E-state index in [1.165, 1.54) is 96.3 Å². The van der Waals surface area contributed by atoms with Crippen molar-refractivity contribution in [1.82, 2.24) is 0 Å². The summed E-state index contributed by atoms with van der Waals surface area (Å²) in [5.41, 5.74) is 0. The van der Waals surface area contributed by atoms with Gasteiger partial charge in [-0.1, -0.05) is 173 Å². The molecule has 12 heteroatoms. The van der Waals surface area contributed by atoms with Gasteiger partial charge in [-0.25, -0.2) is 4.57 Å². The van der Waals surface area contributed by atoms with Gasteiger partial charge in [0.05, 0.1) is 31.3 Å². The van der Waals surface area contributed by atoms with E-state index in [0.29, 0.717) is 19.3 Å². The summed E-state index contributed by atoms with van der Waals surface area (Å²) in [4.78, 5) is 43.2. The molecule has 0 amide bonds. The molecular weight excluding hydrogens is 723 g/mol. The Bertz CT molecular complexity index is 1060. The van der Waals surface area contributed by atoms with Gasteiger partial charge in [-0.2, -0.15) is 0 Å². The van der Waals surface area contributed by atoms with Crippen molar-refractivity contribution in [3.8, 4) is 0 Å². The van der Waals surface area contributed by atoms with E-state index in [2.05, 4.69) is 18.4 Å². The van der Waals surface area contributed by atoms with Gasteiger partial charge in [-0.15, -0.1) is 0 Å². The maximum absolute atomic E-state index is 12.5. The summed E-state index contributed by atoms with van der Waals surface area (Å²) in [5, 5.41) is 31.2. The highest BCUT2D eigenvalue weighted by Crippen LogP contribution is 2.37. The molecule has 0 saturated heterocycles. The third kappa shape index (κ3) is 29.3. The molecule has 1 saturated carbocycles. The van der Waals surface area contributed by atoms with E-state index >= 15 is 0 Å². The highest BCUT2D eigenvalue weighted by atomic mass is 31.2. The number of phosphoric ester groups is 1. The van der Waals surface area contributed by atoms with Crippen molar-refractivity contribution in [1.29, 1.82) is 0 Å². The third-order valence-electron chi connectivity index (χ3n) is 10.6. The van der Waals surface area contributed by atoms with Crippen molar-refractivity contribution in [3.05, 3.63) is 24.3 Å². The Morgan fingerprint density at radius 1 is 0.691 bits per heavy atom. The van der Waals surface area contributed by atoms with Crippen molar-refractivity contribution in [2.75, 3.05) is 13.2 Å². The fraction of sp³-hybridized carbons (Fsp3) is 0.860. The van der Waals surface area contributed by atoms with Crippen LogP contribution in [-0.2, 0) is 28.2 Å². The van der Waals surface area contributed by atoms with Gasteiger partial charge in [0.25, 0.3) is 0 Å². The fourth-order valence-electron chi connectivity index (χ4n) is 7.23. The number of esters is 2. The number of carbonyl (C=O) groups is 2. The molecule has 55 heavy (non-hydrogen) atoms. The second-order valence-corrected chi connectivity index (χ2v) is 16.9. The standard InChI is InChI=1S/C43H79O11P/c1-3-5-7-8-9-10-11-12-13-14-15-16-17-18-19-20-21-22-24-30-43(48)54-37(35-53-55(49,50)51)34-52-42(47)29-26-25-28-38-39(41(46)33-40(38)45)32-31-36(44)27-23-6-4-2/h25-26,31-32,36-41,44-46H,3-24,27-30,33-35H2,1-2H3,(H2,49,50,51)/b26-25-,32-31+/t36-,37-,38+,39-,40+,41-/m1/s1. The van der Waals surface area contributed by atoms with E-state index in [9.17, 15) is 29.5 Å². The minimum Gasteiger partial charge on any atom is -0.461 e. The summed E-state index contributed by atoms with van der Waals surface area (Å²) in [6.07, 6.45) is 31.7. The number of hydrogen-bond acceptors (Lipinski definition) is 9. The Balaban J connectivity index is 2.26. The Hall–Kier alpha value is -1.59. The number of allylic oxidation sites excluding steroid dienone is 1. The number of ether oxygens (including phenoxy) is 2. The molecule has 0 radical (unpaired) electrons. The van der Waals surface area contributed by atoms with E-state index in [1.54, 1.807) is 24.3 Å². The van der Waals surface area contributed by atoms with Crippen LogP contribution in [-0.4, -0.2) is 74.7 Å². The van der Waals surface area contributed by atoms with Crippen LogP contribution in [0.4, 0.5) is 0 Å². The van der Waals surface area contributed by atoms with Gasteiger partial charge in [-0.3, -0.25) is 14.1 Å². The molecular formula is C43H79O11P. The van der Waals surface area contributed by atoms with Crippen LogP contribution >= 0.6 is 7.82 Å². The summed E-state index contributed by atoms with van der Waals surface area (Å²) < 4.78 is 26.4. The molecule has 6 atom stereocenters. The van der Waals surface area contributed by atoms with E-state index < -0.39 is 57.4 Å². The van der Waals surface area contributed by atoms with Crippen molar-refractivity contribution >= 4 is 19.8 Å². The number of rotatable bonds is 36. The number of phosphoric acid groups is 1. The minimum atomic E-state index is -4.83. The molecule has 322 valence electrons. The van der Waals surface area contributed by atoms with Crippen LogP contribution in [0, 0.1) is 11.8 Å². The SMILES string of the molecule is CCCCCCCCCCCCCCCCCCCCCC(=O)O[C@H](COC(=O)C/C=C\C[C@H]1[C@@H](/C=C/[C@H](O)CCCCC)[C@H](O)C[C@@H]1O)COP(=O)(O)O. The van der Waals surface area contributed by atoms with Gasteiger partial charge in [0.15, 0.2) is 6.10 Å². The lowest BCUT2D eigenvalue weighted by molar-refractivity contribution is -0.160. The first kappa shape index (κ1) is 51.4. The molecule has 1 rings (SSSR count). The van der Waals surface area contributed by atoms with Crippen LogP contribution in [0.5, 0.6) is 0 Å². The highest BCUT2D eigenvalue weighted by molar-refractivity contribution is 7.46. The summed E-state index contributed by atoms with van der Waals surface area (Å²) in [7, 11) is -4.83. The second kappa shape index (κ2) is 33.4. The van der Waals surface area contributed by atoms with E-state index in [1.807, 2.05) is 0 Å². The normalized spacial score (nSPS) is 20.1. The number of aliphatic hydroxyl groups is 3. The maximum Gasteiger partial charge on any atom is 0.469 e. The Morgan fingerprint density at radius 2 is 1.20 bits per heavy atom. The zero-order valence-electron chi connectivity index (χ0n) is 34.4. The second-order valence-electron chi connectivity index (χ2n) is 15.7. The fourth-order valence-corrected chi connectivity index (χ4v) is 7.59. The summed E-state index contributed by atoms with van der Waals surface area (Å²) in [6.45, 7) is 3.32. The molecule has 0 spiro atoms. The van der Waals surface area contributed by atoms with E-state index in [-0.39, 0.29) is 31.1 Å². The largest absolute Gasteiger partial charge is 0.469 e. The smallest absolute Gasteiger partial charge is 0.461 e. The van der Waals surface area contributed by atoms with Gasteiger partial charge >= 0.3 is 19.8 Å². The monoisotopic (exact) mass is 803 g/mol. The average molecular weight is 803 g/mol. The molecule has 0 aromatic rings. The van der Waals surface area contributed by atoms with Gasteiger partial charge in [-0.05, 0) is 25.2 Å². The number of carbonyl (C=O) groups excluding carboxylic acids is 2. The van der Waals surface area contributed by atoms with Crippen LogP contribution in [0.1, 0.15) is 187 Å². The zero-order chi connectivity index (χ0) is 40.6. The van der Waals surface area contributed by atoms with Crippen LogP contribution in [0.3, 0.4) is 0 Å². The first-order chi connectivity index (χ1) is 26.5. The lowest BCUT2D eigenvalue weighted by Crippen LogP contribution is -2.29. The average Bonchev–Trinajstić information content (AvgIpc) is 3.41.